The van der Waals surface area contributed by atoms with Crippen LogP contribution in [-0.4, -0.2) is 16.5 Å². The van der Waals surface area contributed by atoms with Crippen molar-refractivity contribution in [2.24, 2.45) is 5.16 Å². The number of phenols is 1. The molecule has 3 heteroatoms. The molecule has 11 heavy (non-hydrogen) atoms. The van der Waals surface area contributed by atoms with Gasteiger partial charge in [0.25, 0.3) is 0 Å². The molecule has 0 unspecified atom stereocenters. The summed E-state index contributed by atoms with van der Waals surface area (Å²) in [6.07, 6.45) is 1.21. The Balaban J connectivity index is 3.20. The summed E-state index contributed by atoms with van der Waals surface area (Å²) in [4.78, 5) is 0. The van der Waals surface area contributed by atoms with E-state index in [0.717, 1.165) is 5.56 Å². The molecule has 0 fully saturated rings. The predicted octanol–water partition coefficient (Wildman–Crippen LogP) is 1.51. The molecule has 0 atom stereocenters. The number of nitrogens with zero attached hydrogens (tertiary/aromatic N) is 1. The molecule has 1 aromatic carbocycles. The van der Waals surface area contributed by atoms with Gasteiger partial charge in [-0.05, 0) is 18.6 Å². The molecule has 0 aromatic heterocycles. The van der Waals surface area contributed by atoms with Crippen LogP contribution in [-0.2, 0) is 0 Å². The molecule has 0 heterocycles. The largest absolute Gasteiger partial charge is 0.507 e. The fourth-order valence-electron chi connectivity index (χ4n) is 0.891. The predicted molar refractivity (Wildman–Crippen MR) is 42.2 cm³/mol. The lowest BCUT2D eigenvalue weighted by Crippen LogP contribution is -1.86. The van der Waals surface area contributed by atoms with Crippen molar-refractivity contribution in [3.8, 4) is 5.75 Å². The number of hydrogen-bond donors (Lipinski definition) is 2. The van der Waals surface area contributed by atoms with Crippen molar-refractivity contribution in [1.82, 2.24) is 0 Å². The van der Waals surface area contributed by atoms with E-state index in [4.69, 9.17) is 5.21 Å². The van der Waals surface area contributed by atoms with Crippen LogP contribution in [0.2, 0.25) is 0 Å². The van der Waals surface area contributed by atoms with Gasteiger partial charge < -0.3 is 10.3 Å². The standard InChI is InChI=1S/C8H9NO2/c1-6-3-2-4-8(10)7(6)5-9-11/h2-5,10-11H,1H3/b9-5+. The number of rotatable bonds is 1. The van der Waals surface area contributed by atoms with Crippen molar-refractivity contribution in [1.29, 1.82) is 0 Å². The van der Waals surface area contributed by atoms with Crippen molar-refractivity contribution in [2.45, 2.75) is 6.92 Å². The van der Waals surface area contributed by atoms with Gasteiger partial charge >= 0.3 is 0 Å². The lowest BCUT2D eigenvalue weighted by Gasteiger charge is -2.00. The molecule has 1 rings (SSSR count). The minimum Gasteiger partial charge on any atom is -0.507 e. The Kier molecular flexibility index (Phi) is 2.11. The van der Waals surface area contributed by atoms with Crippen LogP contribution in [0.1, 0.15) is 11.1 Å². The van der Waals surface area contributed by atoms with Gasteiger partial charge in [0.05, 0.1) is 6.21 Å². The third-order valence-electron chi connectivity index (χ3n) is 1.49. The number of oxime groups is 1. The van der Waals surface area contributed by atoms with Crippen LogP contribution in [0.5, 0.6) is 5.75 Å². The summed E-state index contributed by atoms with van der Waals surface area (Å²) >= 11 is 0. The molecule has 0 bridgehead atoms. The fraction of sp³-hybridized carbons (Fsp3) is 0.125. The number of aromatic hydroxyl groups is 1. The zero-order chi connectivity index (χ0) is 8.27. The van der Waals surface area contributed by atoms with E-state index in [1.54, 1.807) is 12.1 Å². The molecule has 0 saturated carbocycles. The molecule has 0 radical (unpaired) electrons. The minimum atomic E-state index is 0.128. The summed E-state index contributed by atoms with van der Waals surface area (Å²) in [7, 11) is 0. The molecule has 0 saturated heterocycles. The second-order valence-corrected chi connectivity index (χ2v) is 2.25. The van der Waals surface area contributed by atoms with Gasteiger partial charge in [-0.1, -0.05) is 17.3 Å². The third-order valence-corrected chi connectivity index (χ3v) is 1.49. The lowest BCUT2D eigenvalue weighted by molar-refractivity contribution is 0.321. The molecule has 0 aliphatic rings. The van der Waals surface area contributed by atoms with E-state index in [-0.39, 0.29) is 5.75 Å². The first-order chi connectivity index (χ1) is 5.25. The van der Waals surface area contributed by atoms with Crippen LogP contribution in [0, 0.1) is 6.92 Å². The highest BCUT2D eigenvalue weighted by atomic mass is 16.4. The van der Waals surface area contributed by atoms with E-state index >= 15 is 0 Å². The maximum Gasteiger partial charge on any atom is 0.124 e. The molecule has 3 nitrogen and oxygen atoms in total. The zero-order valence-electron chi connectivity index (χ0n) is 6.15. The van der Waals surface area contributed by atoms with Gasteiger partial charge in [-0.2, -0.15) is 0 Å². The van der Waals surface area contributed by atoms with Crippen molar-refractivity contribution in [2.75, 3.05) is 0 Å². The van der Waals surface area contributed by atoms with E-state index in [9.17, 15) is 5.11 Å². The van der Waals surface area contributed by atoms with Crippen molar-refractivity contribution >= 4 is 6.21 Å². The number of hydrogen-bond acceptors (Lipinski definition) is 3. The summed E-state index contributed by atoms with van der Waals surface area (Å²) in [6.45, 7) is 1.83. The Hall–Kier alpha value is -1.51. The molecule has 58 valence electrons. The average molecular weight is 151 g/mol. The smallest absolute Gasteiger partial charge is 0.124 e. The summed E-state index contributed by atoms with van der Waals surface area (Å²) in [5.74, 6) is 0.128. The van der Waals surface area contributed by atoms with Crippen LogP contribution in [0.15, 0.2) is 23.4 Å². The van der Waals surface area contributed by atoms with Gasteiger partial charge in [0, 0.05) is 5.56 Å². The van der Waals surface area contributed by atoms with Gasteiger partial charge in [-0.25, -0.2) is 0 Å². The summed E-state index contributed by atoms with van der Waals surface area (Å²) in [6, 6.07) is 5.11. The van der Waals surface area contributed by atoms with Crippen LogP contribution >= 0.6 is 0 Å². The molecule has 0 aliphatic carbocycles. The first-order valence-corrected chi connectivity index (χ1v) is 3.21. The Bertz CT molecular complexity index is 261. The molecule has 0 aliphatic heterocycles. The van der Waals surface area contributed by atoms with Gasteiger partial charge in [0.15, 0.2) is 0 Å². The highest BCUT2D eigenvalue weighted by Crippen LogP contribution is 2.17. The number of phenolic OH excluding ortho intramolecular Hbond substituents is 1. The monoisotopic (exact) mass is 151 g/mol. The summed E-state index contributed by atoms with van der Waals surface area (Å²) in [5.41, 5.74) is 1.43. The van der Waals surface area contributed by atoms with Crippen molar-refractivity contribution in [3.63, 3.8) is 0 Å². The third kappa shape index (κ3) is 1.49. The molecule has 2 N–H and O–H groups in total. The van der Waals surface area contributed by atoms with Crippen LogP contribution in [0.4, 0.5) is 0 Å². The molecule has 1 aromatic rings. The quantitative estimate of drug-likeness (QED) is 0.363. The highest BCUT2D eigenvalue weighted by Gasteiger charge is 1.99. The Morgan fingerprint density at radius 1 is 1.45 bits per heavy atom. The topological polar surface area (TPSA) is 52.8 Å². The van der Waals surface area contributed by atoms with Gasteiger partial charge in [-0.3, -0.25) is 0 Å². The van der Waals surface area contributed by atoms with Gasteiger partial charge in [0.1, 0.15) is 5.75 Å². The Morgan fingerprint density at radius 3 is 2.73 bits per heavy atom. The van der Waals surface area contributed by atoms with Gasteiger partial charge in [-0.15, -0.1) is 0 Å². The maximum absolute atomic E-state index is 9.22. The minimum absolute atomic E-state index is 0.128. The van der Waals surface area contributed by atoms with E-state index in [0.29, 0.717) is 5.56 Å². The SMILES string of the molecule is Cc1cccc(O)c1/C=N/O. The first kappa shape index (κ1) is 7.60. The lowest BCUT2D eigenvalue weighted by atomic mass is 10.1. The molecular weight excluding hydrogens is 142 g/mol. The van der Waals surface area contributed by atoms with Crippen LogP contribution in [0.3, 0.4) is 0 Å². The van der Waals surface area contributed by atoms with Crippen LogP contribution < -0.4 is 0 Å². The zero-order valence-corrected chi connectivity index (χ0v) is 6.15. The Labute approximate surface area is 64.6 Å². The van der Waals surface area contributed by atoms with E-state index in [2.05, 4.69) is 5.16 Å². The van der Waals surface area contributed by atoms with E-state index in [1.165, 1.54) is 6.21 Å². The second-order valence-electron chi connectivity index (χ2n) is 2.25. The maximum atomic E-state index is 9.22. The van der Waals surface area contributed by atoms with E-state index in [1.807, 2.05) is 13.0 Å². The van der Waals surface area contributed by atoms with Gasteiger partial charge in [0.2, 0.25) is 0 Å². The Morgan fingerprint density at radius 2 is 2.18 bits per heavy atom. The summed E-state index contributed by atoms with van der Waals surface area (Å²) < 4.78 is 0. The van der Waals surface area contributed by atoms with E-state index < -0.39 is 0 Å². The second kappa shape index (κ2) is 3.05. The number of aryl methyl sites for hydroxylation is 1. The summed E-state index contributed by atoms with van der Waals surface area (Å²) in [5, 5.41) is 20.3. The van der Waals surface area contributed by atoms with Crippen LogP contribution in [0.25, 0.3) is 0 Å². The molecule has 0 amide bonds. The molecule has 0 spiro atoms. The van der Waals surface area contributed by atoms with Crippen molar-refractivity contribution in [3.05, 3.63) is 29.3 Å². The molecular formula is C8H9NO2. The average Bonchev–Trinajstić information content (AvgIpc) is 1.97. The number of benzene rings is 1. The highest BCUT2D eigenvalue weighted by molar-refractivity contribution is 5.84. The fourth-order valence-corrected chi connectivity index (χ4v) is 0.891. The first-order valence-electron chi connectivity index (χ1n) is 3.21. The normalized spacial score (nSPS) is 10.6. The van der Waals surface area contributed by atoms with Crippen molar-refractivity contribution < 1.29 is 10.3 Å².